The Kier molecular flexibility index (Phi) is 8.17. The van der Waals surface area contributed by atoms with E-state index in [0.717, 1.165) is 88.8 Å². The minimum atomic E-state index is 0.877. The number of benzene rings is 10. The molecule has 0 unspecified atom stereocenters. The molecule has 0 radical (unpaired) electrons. The molecule has 2 aromatic heterocycles. The molecule has 10 aromatic carbocycles. The lowest BCUT2D eigenvalue weighted by molar-refractivity contribution is 0.668. The van der Waals surface area contributed by atoms with Gasteiger partial charge in [0.2, 0.25) is 0 Å². The van der Waals surface area contributed by atoms with Gasteiger partial charge in [-0.2, -0.15) is 0 Å². The van der Waals surface area contributed by atoms with Crippen LogP contribution in [-0.4, -0.2) is 0 Å². The largest absolute Gasteiger partial charge is 0.456 e. The Morgan fingerprint density at radius 1 is 0.262 bits per heavy atom. The molecule has 0 aliphatic carbocycles. The monoisotopic (exact) mass is 779 g/mol. The van der Waals surface area contributed by atoms with Gasteiger partial charge < -0.3 is 13.7 Å². The Bertz CT molecular complexity index is 3590. The summed E-state index contributed by atoms with van der Waals surface area (Å²) in [6.45, 7) is 0. The normalized spacial score (nSPS) is 11.6. The van der Waals surface area contributed by atoms with Gasteiger partial charge in [-0.1, -0.05) is 146 Å². The van der Waals surface area contributed by atoms with E-state index in [1.807, 2.05) is 24.3 Å². The number of hydrogen-bond acceptors (Lipinski definition) is 3. The lowest BCUT2D eigenvalue weighted by Gasteiger charge is -2.28. The topological polar surface area (TPSA) is 29.5 Å². The van der Waals surface area contributed by atoms with Crippen molar-refractivity contribution in [2.45, 2.75) is 0 Å². The van der Waals surface area contributed by atoms with Crippen molar-refractivity contribution < 1.29 is 8.83 Å². The number of hydrogen-bond donors (Lipinski definition) is 0. The number of fused-ring (bicyclic) bond motifs is 7. The minimum Gasteiger partial charge on any atom is -0.456 e. The fourth-order valence-corrected chi connectivity index (χ4v) is 8.99. The zero-order chi connectivity index (χ0) is 40.3. The van der Waals surface area contributed by atoms with E-state index in [-0.39, 0.29) is 0 Å². The van der Waals surface area contributed by atoms with E-state index in [1.54, 1.807) is 0 Å². The lowest BCUT2D eigenvalue weighted by Crippen LogP contribution is -2.11. The molecule has 2 heterocycles. The molecule has 0 N–H and O–H groups in total. The summed E-state index contributed by atoms with van der Waals surface area (Å²) in [7, 11) is 0. The van der Waals surface area contributed by atoms with E-state index >= 15 is 0 Å². The van der Waals surface area contributed by atoms with Gasteiger partial charge in [-0.3, -0.25) is 0 Å². The molecule has 0 saturated heterocycles. The van der Waals surface area contributed by atoms with E-state index in [4.69, 9.17) is 8.83 Å². The van der Waals surface area contributed by atoms with Crippen LogP contribution in [0.5, 0.6) is 0 Å². The second-order valence-corrected chi connectivity index (χ2v) is 15.7. The Morgan fingerprint density at radius 2 is 0.770 bits per heavy atom. The highest BCUT2D eigenvalue weighted by Gasteiger charge is 2.19. The van der Waals surface area contributed by atoms with Crippen LogP contribution in [0.3, 0.4) is 0 Å². The zero-order valence-corrected chi connectivity index (χ0v) is 33.1. The van der Waals surface area contributed by atoms with Gasteiger partial charge in [0.15, 0.2) is 0 Å². The molecule has 3 heteroatoms. The van der Waals surface area contributed by atoms with Gasteiger partial charge in [0.25, 0.3) is 0 Å². The Balaban J connectivity index is 0.950. The van der Waals surface area contributed by atoms with Crippen LogP contribution in [-0.2, 0) is 0 Å². The first kappa shape index (κ1) is 34.9. The van der Waals surface area contributed by atoms with E-state index in [2.05, 4.69) is 205 Å². The Hall–Kier alpha value is -8.14. The van der Waals surface area contributed by atoms with Gasteiger partial charge in [0.05, 0.1) is 5.69 Å². The van der Waals surface area contributed by atoms with E-state index in [9.17, 15) is 0 Å². The molecule has 0 saturated carbocycles. The first-order valence-electron chi connectivity index (χ1n) is 20.7. The molecule has 0 bridgehead atoms. The summed E-state index contributed by atoms with van der Waals surface area (Å²) < 4.78 is 12.5. The zero-order valence-electron chi connectivity index (χ0n) is 33.1. The molecule has 0 aliphatic heterocycles. The second kappa shape index (κ2) is 14.3. The van der Waals surface area contributed by atoms with Crippen molar-refractivity contribution in [1.82, 2.24) is 0 Å². The van der Waals surface area contributed by atoms with Gasteiger partial charge in [0.1, 0.15) is 22.3 Å². The highest BCUT2D eigenvalue weighted by atomic mass is 16.3. The van der Waals surface area contributed by atoms with Crippen molar-refractivity contribution in [3.05, 3.63) is 224 Å². The summed E-state index contributed by atoms with van der Waals surface area (Å²) in [5, 5.41) is 6.99. The molecular formula is C58H37NO2. The van der Waals surface area contributed by atoms with Crippen molar-refractivity contribution in [1.29, 1.82) is 0 Å². The SMILES string of the molecule is c1cc(-c2ccc(N(c3ccc(-c4ccc5oc6ccccc6c5c4)cc3)c3ccccc3-c3ccc4c(c3)oc3ccccc34)cc2)cc(-c2ccc3ccccc3c2)c1. The van der Waals surface area contributed by atoms with E-state index in [0.29, 0.717) is 0 Å². The predicted octanol–water partition coefficient (Wildman–Crippen LogP) is 16.8. The molecule has 12 aromatic rings. The first-order chi connectivity index (χ1) is 30.2. The number of rotatable bonds is 7. The molecule has 0 fully saturated rings. The maximum atomic E-state index is 6.38. The quantitative estimate of drug-likeness (QED) is 0.161. The average Bonchev–Trinajstić information content (AvgIpc) is 3.90. The third kappa shape index (κ3) is 6.14. The third-order valence-corrected chi connectivity index (χ3v) is 12.1. The highest BCUT2D eigenvalue weighted by molar-refractivity contribution is 6.07. The van der Waals surface area contributed by atoms with Crippen LogP contribution in [0.1, 0.15) is 0 Å². The Labute approximate surface area is 353 Å². The summed E-state index contributed by atoms with van der Waals surface area (Å²) in [6, 6.07) is 80.1. The van der Waals surface area contributed by atoms with E-state index < -0.39 is 0 Å². The van der Waals surface area contributed by atoms with Crippen LogP contribution in [0.2, 0.25) is 0 Å². The van der Waals surface area contributed by atoms with Crippen LogP contribution in [0.15, 0.2) is 233 Å². The fraction of sp³-hybridized carbons (Fsp3) is 0. The van der Waals surface area contributed by atoms with Crippen LogP contribution in [0.25, 0.3) is 99.2 Å². The smallest absolute Gasteiger partial charge is 0.136 e. The molecule has 3 nitrogen and oxygen atoms in total. The summed E-state index contributed by atoms with van der Waals surface area (Å²) in [5.41, 5.74) is 16.0. The summed E-state index contributed by atoms with van der Waals surface area (Å²) >= 11 is 0. The van der Waals surface area contributed by atoms with Gasteiger partial charge in [-0.05, 0) is 129 Å². The summed E-state index contributed by atoms with van der Waals surface area (Å²) in [6.07, 6.45) is 0. The van der Waals surface area contributed by atoms with Crippen molar-refractivity contribution in [2.24, 2.45) is 0 Å². The average molecular weight is 780 g/mol. The number of para-hydroxylation sites is 3. The summed E-state index contributed by atoms with van der Waals surface area (Å²) in [4.78, 5) is 2.37. The van der Waals surface area contributed by atoms with E-state index in [1.165, 1.54) is 27.5 Å². The second-order valence-electron chi connectivity index (χ2n) is 15.7. The molecule has 0 atom stereocenters. The molecule has 12 rings (SSSR count). The van der Waals surface area contributed by atoms with Crippen molar-refractivity contribution in [3.8, 4) is 44.5 Å². The van der Waals surface area contributed by atoms with Gasteiger partial charge in [-0.15, -0.1) is 0 Å². The van der Waals surface area contributed by atoms with Crippen LogP contribution >= 0.6 is 0 Å². The van der Waals surface area contributed by atoms with Crippen LogP contribution < -0.4 is 4.90 Å². The van der Waals surface area contributed by atoms with Crippen LogP contribution in [0, 0.1) is 0 Å². The number of furan rings is 2. The molecule has 61 heavy (non-hydrogen) atoms. The number of anilines is 3. The van der Waals surface area contributed by atoms with Crippen molar-refractivity contribution in [3.63, 3.8) is 0 Å². The lowest BCUT2D eigenvalue weighted by atomic mass is 9.97. The standard InChI is InChI=1S/C58H37NO2/c1-2-11-41-35-44(21-20-38(41)10-1)43-13-9-12-42(34-43)39-22-28-47(29-23-39)59(48-30-24-40(25-31-48)45-27-33-57-53(36-45)51-16-5-8-19-56(51)60-57)54-17-6-3-14-49(54)46-26-32-52-50-15-4-7-18-55(50)61-58(52)37-46/h1-37H. The minimum absolute atomic E-state index is 0.877. The molecule has 0 amide bonds. The van der Waals surface area contributed by atoms with Gasteiger partial charge >= 0.3 is 0 Å². The first-order valence-corrected chi connectivity index (χ1v) is 20.7. The van der Waals surface area contributed by atoms with Gasteiger partial charge in [0, 0.05) is 38.5 Å². The van der Waals surface area contributed by atoms with Crippen molar-refractivity contribution in [2.75, 3.05) is 4.90 Å². The van der Waals surface area contributed by atoms with Crippen molar-refractivity contribution >= 4 is 71.7 Å². The molecule has 0 aliphatic rings. The van der Waals surface area contributed by atoms with Gasteiger partial charge in [-0.25, -0.2) is 0 Å². The number of nitrogens with zero attached hydrogens (tertiary/aromatic N) is 1. The molecule has 286 valence electrons. The maximum absolute atomic E-state index is 6.38. The van der Waals surface area contributed by atoms with Crippen LogP contribution in [0.4, 0.5) is 17.1 Å². The highest BCUT2D eigenvalue weighted by Crippen LogP contribution is 2.43. The maximum Gasteiger partial charge on any atom is 0.136 e. The molecule has 0 spiro atoms. The fourth-order valence-electron chi connectivity index (χ4n) is 8.99. The molecular weight excluding hydrogens is 743 g/mol. The Morgan fingerprint density at radius 3 is 1.52 bits per heavy atom. The summed E-state index contributed by atoms with van der Waals surface area (Å²) in [5.74, 6) is 0. The third-order valence-electron chi connectivity index (χ3n) is 12.1. The predicted molar refractivity (Wildman–Crippen MR) is 255 cm³/mol.